The molecule has 0 bridgehead atoms. The second kappa shape index (κ2) is 10.7. The van der Waals surface area contributed by atoms with Gasteiger partial charge in [-0.3, -0.25) is 9.69 Å². The highest BCUT2D eigenvalue weighted by Gasteiger charge is 2.25. The van der Waals surface area contributed by atoms with E-state index in [9.17, 15) is 18.7 Å². The Morgan fingerprint density at radius 3 is 2.03 bits per heavy atom. The lowest BCUT2D eigenvalue weighted by atomic mass is 10.0. The van der Waals surface area contributed by atoms with Gasteiger partial charge in [-0.05, 0) is 47.5 Å². The van der Waals surface area contributed by atoms with Gasteiger partial charge in [-0.25, -0.2) is 8.78 Å². The number of amides is 1. The average molecular weight is 456 g/mol. The summed E-state index contributed by atoms with van der Waals surface area (Å²) in [6.45, 7) is 2.78. The van der Waals surface area contributed by atoms with E-state index in [0.717, 1.165) is 0 Å². The number of furan rings is 1. The van der Waals surface area contributed by atoms with E-state index < -0.39 is 12.2 Å². The molecule has 3 aromatic rings. The van der Waals surface area contributed by atoms with Crippen molar-refractivity contribution in [3.8, 4) is 0 Å². The third-order valence-corrected chi connectivity index (χ3v) is 5.66. The zero-order valence-corrected chi connectivity index (χ0v) is 18.1. The fraction of sp³-hybridized carbons (Fsp3) is 0.320. The topological polar surface area (TPSA) is 66.2 Å². The number of carbonyl (C=O) groups excluding carboxylic acids is 1. The van der Waals surface area contributed by atoms with Gasteiger partial charge in [0.2, 0.25) is 0 Å². The van der Waals surface area contributed by atoms with E-state index in [0.29, 0.717) is 49.6 Å². The number of ether oxygens (including phenoxy) is 1. The number of aliphatic hydroxyl groups is 1. The lowest BCUT2D eigenvalue weighted by Crippen LogP contribution is -2.50. The second-order valence-electron chi connectivity index (χ2n) is 8.04. The van der Waals surface area contributed by atoms with Gasteiger partial charge in [0.15, 0.2) is 5.76 Å². The largest absolute Gasteiger partial charge is 0.459 e. The maximum Gasteiger partial charge on any atom is 0.289 e. The van der Waals surface area contributed by atoms with Crippen molar-refractivity contribution in [2.75, 3.05) is 39.3 Å². The van der Waals surface area contributed by atoms with Crippen LogP contribution in [-0.2, 0) is 4.74 Å². The van der Waals surface area contributed by atoms with Gasteiger partial charge in [0, 0.05) is 32.7 Å². The molecule has 1 saturated heterocycles. The van der Waals surface area contributed by atoms with Gasteiger partial charge in [0.05, 0.1) is 19.0 Å². The van der Waals surface area contributed by atoms with Crippen LogP contribution in [0.5, 0.6) is 0 Å². The summed E-state index contributed by atoms with van der Waals surface area (Å²) >= 11 is 0. The van der Waals surface area contributed by atoms with Crippen LogP contribution in [0, 0.1) is 11.6 Å². The quantitative estimate of drug-likeness (QED) is 0.562. The number of hydrogen-bond donors (Lipinski definition) is 1. The van der Waals surface area contributed by atoms with E-state index in [4.69, 9.17) is 9.15 Å². The average Bonchev–Trinajstić information content (AvgIpc) is 3.36. The Hall–Kier alpha value is -3.07. The first-order chi connectivity index (χ1) is 16.0. The Morgan fingerprint density at radius 2 is 1.52 bits per heavy atom. The highest BCUT2D eigenvalue weighted by atomic mass is 19.1. The summed E-state index contributed by atoms with van der Waals surface area (Å²) in [6.07, 6.45) is 0.148. The minimum Gasteiger partial charge on any atom is -0.459 e. The molecular weight excluding hydrogens is 430 g/mol. The predicted octanol–water partition coefficient (Wildman–Crippen LogP) is 3.48. The van der Waals surface area contributed by atoms with Crippen LogP contribution in [0.1, 0.15) is 27.8 Å². The number of benzene rings is 2. The summed E-state index contributed by atoms with van der Waals surface area (Å²) in [6, 6.07) is 15.2. The minimum absolute atomic E-state index is 0.0466. The minimum atomic E-state index is -0.763. The van der Waals surface area contributed by atoms with Crippen molar-refractivity contribution in [3.05, 3.63) is 95.4 Å². The zero-order chi connectivity index (χ0) is 23.2. The summed E-state index contributed by atoms with van der Waals surface area (Å²) in [5.41, 5.74) is 1.42. The lowest BCUT2D eigenvalue weighted by molar-refractivity contribution is -0.0138. The predicted molar refractivity (Wildman–Crippen MR) is 118 cm³/mol. The number of carbonyl (C=O) groups is 1. The van der Waals surface area contributed by atoms with Crippen molar-refractivity contribution in [2.45, 2.75) is 12.2 Å². The van der Waals surface area contributed by atoms with Gasteiger partial charge < -0.3 is 19.2 Å². The summed E-state index contributed by atoms with van der Waals surface area (Å²) in [5, 5.41) is 10.6. The van der Waals surface area contributed by atoms with Crippen LogP contribution >= 0.6 is 0 Å². The van der Waals surface area contributed by atoms with Gasteiger partial charge in [0.1, 0.15) is 17.7 Å². The van der Waals surface area contributed by atoms with Gasteiger partial charge in [-0.2, -0.15) is 0 Å². The summed E-state index contributed by atoms with van der Waals surface area (Å²) in [5.74, 6) is -0.530. The molecule has 1 atom stereocenters. The van der Waals surface area contributed by atoms with E-state index in [-0.39, 0.29) is 24.1 Å². The Labute approximate surface area is 191 Å². The molecule has 1 aliphatic heterocycles. The first-order valence-corrected chi connectivity index (χ1v) is 10.9. The van der Waals surface area contributed by atoms with Crippen molar-refractivity contribution < 1.29 is 27.8 Å². The van der Waals surface area contributed by atoms with Crippen LogP contribution in [0.3, 0.4) is 0 Å². The van der Waals surface area contributed by atoms with Crippen LogP contribution in [0.4, 0.5) is 8.78 Å². The molecule has 6 nitrogen and oxygen atoms in total. The molecule has 2 aromatic carbocycles. The molecule has 0 saturated carbocycles. The van der Waals surface area contributed by atoms with Crippen LogP contribution in [0.15, 0.2) is 71.3 Å². The first kappa shape index (κ1) is 23.1. The summed E-state index contributed by atoms with van der Waals surface area (Å²) in [7, 11) is 0. The normalized spacial score (nSPS) is 15.7. The number of β-amino-alcohol motifs (C(OH)–C–C–N with tert-alkyl or cyclic N) is 1. The molecule has 0 aliphatic carbocycles. The first-order valence-electron chi connectivity index (χ1n) is 10.9. The van der Waals surface area contributed by atoms with Crippen molar-refractivity contribution in [2.24, 2.45) is 0 Å². The van der Waals surface area contributed by atoms with Crippen LogP contribution in [0.25, 0.3) is 0 Å². The SMILES string of the molecule is O=C(c1ccco1)N1CCN(CC(O)COC(c2ccc(F)cc2)c2ccc(F)cc2)CC1. The number of nitrogens with zero attached hydrogens (tertiary/aromatic N) is 2. The van der Waals surface area contributed by atoms with Gasteiger partial charge in [0.25, 0.3) is 5.91 Å². The van der Waals surface area contributed by atoms with Crippen molar-refractivity contribution >= 4 is 5.91 Å². The zero-order valence-electron chi connectivity index (χ0n) is 18.1. The molecule has 1 N–H and O–H groups in total. The van der Waals surface area contributed by atoms with E-state index in [1.54, 1.807) is 41.3 Å². The fourth-order valence-corrected chi connectivity index (χ4v) is 3.91. The number of halogens is 2. The van der Waals surface area contributed by atoms with Gasteiger partial charge in [-0.1, -0.05) is 24.3 Å². The molecule has 1 aliphatic rings. The monoisotopic (exact) mass is 456 g/mol. The Morgan fingerprint density at radius 1 is 0.939 bits per heavy atom. The van der Waals surface area contributed by atoms with E-state index >= 15 is 0 Å². The summed E-state index contributed by atoms with van der Waals surface area (Å²) < 4.78 is 37.9. The maximum atomic E-state index is 13.4. The molecule has 1 amide bonds. The molecule has 1 fully saturated rings. The van der Waals surface area contributed by atoms with Crippen LogP contribution < -0.4 is 0 Å². The molecule has 174 valence electrons. The molecule has 1 aromatic heterocycles. The fourth-order valence-electron chi connectivity index (χ4n) is 3.91. The molecule has 8 heteroatoms. The molecule has 0 radical (unpaired) electrons. The summed E-state index contributed by atoms with van der Waals surface area (Å²) in [4.78, 5) is 16.2. The molecule has 33 heavy (non-hydrogen) atoms. The lowest BCUT2D eigenvalue weighted by Gasteiger charge is -2.35. The Balaban J connectivity index is 1.31. The van der Waals surface area contributed by atoms with E-state index in [1.165, 1.54) is 30.5 Å². The number of piperazine rings is 1. The second-order valence-corrected chi connectivity index (χ2v) is 8.04. The van der Waals surface area contributed by atoms with E-state index in [2.05, 4.69) is 4.90 Å². The number of hydrogen-bond acceptors (Lipinski definition) is 5. The third kappa shape index (κ3) is 6.04. The molecule has 4 rings (SSSR count). The van der Waals surface area contributed by atoms with Crippen molar-refractivity contribution in [1.82, 2.24) is 9.80 Å². The standard InChI is InChI=1S/C25H26F2N2O4/c26-20-7-3-18(4-8-20)24(19-5-9-21(27)10-6-19)33-17-22(30)16-28-11-13-29(14-12-28)25(31)23-2-1-15-32-23/h1-10,15,22,24,30H,11-14,16-17H2. The highest BCUT2D eigenvalue weighted by Crippen LogP contribution is 2.27. The molecule has 2 heterocycles. The third-order valence-electron chi connectivity index (χ3n) is 5.66. The molecule has 1 unspecified atom stereocenters. The van der Waals surface area contributed by atoms with Gasteiger partial charge in [-0.15, -0.1) is 0 Å². The van der Waals surface area contributed by atoms with Crippen molar-refractivity contribution in [3.63, 3.8) is 0 Å². The number of aliphatic hydroxyl groups excluding tert-OH is 1. The van der Waals surface area contributed by atoms with Crippen LogP contribution in [-0.4, -0.2) is 66.2 Å². The smallest absolute Gasteiger partial charge is 0.289 e. The Bertz CT molecular complexity index is 972. The van der Waals surface area contributed by atoms with Crippen molar-refractivity contribution in [1.29, 1.82) is 0 Å². The Kier molecular flexibility index (Phi) is 7.49. The van der Waals surface area contributed by atoms with Gasteiger partial charge >= 0.3 is 0 Å². The highest BCUT2D eigenvalue weighted by molar-refractivity contribution is 5.91. The van der Waals surface area contributed by atoms with E-state index in [1.807, 2.05) is 0 Å². The number of rotatable bonds is 8. The molecule has 0 spiro atoms. The molecular formula is C25H26F2N2O4. The van der Waals surface area contributed by atoms with Crippen LogP contribution in [0.2, 0.25) is 0 Å². The maximum absolute atomic E-state index is 13.4.